The molecule has 0 bridgehead atoms. The van der Waals surface area contributed by atoms with Gasteiger partial charge in [-0.1, -0.05) is 11.6 Å². The van der Waals surface area contributed by atoms with E-state index in [1.54, 1.807) is 12.1 Å². The lowest BCUT2D eigenvalue weighted by atomic mass is 10.2. The van der Waals surface area contributed by atoms with Gasteiger partial charge in [0.15, 0.2) is 6.10 Å². The minimum atomic E-state index is -1.08. The van der Waals surface area contributed by atoms with Crippen LogP contribution in [0.5, 0.6) is 0 Å². The Morgan fingerprint density at radius 3 is 2.86 bits per heavy atom. The van der Waals surface area contributed by atoms with Gasteiger partial charge in [0.2, 0.25) is 0 Å². The summed E-state index contributed by atoms with van der Waals surface area (Å²) < 4.78 is 23.5. The number of rotatable bonds is 5. The smallest absolute Gasteiger partial charge is 0.341 e. The third-order valence-electron chi connectivity index (χ3n) is 2.82. The lowest BCUT2D eigenvalue weighted by Gasteiger charge is -2.13. The third-order valence-corrected chi connectivity index (χ3v) is 3.05. The van der Waals surface area contributed by atoms with Crippen molar-refractivity contribution in [3.8, 4) is 0 Å². The second kappa shape index (κ2) is 7.09. The van der Waals surface area contributed by atoms with Crippen LogP contribution in [0.3, 0.4) is 0 Å². The number of benzene rings is 1. The third kappa shape index (κ3) is 4.08. The Bertz CT molecular complexity index is 672. The maximum atomic E-state index is 13.5. The lowest BCUT2D eigenvalue weighted by Crippen LogP contribution is -2.35. The highest BCUT2D eigenvalue weighted by molar-refractivity contribution is 6.30. The first-order chi connectivity index (χ1) is 10.5. The molecule has 1 atom stereocenters. The standard InChI is InChI=1S/C15H13ClFNO4/c1-9(14(19)18-8-11-3-2-6-21-11)22-15(20)12-7-10(16)4-5-13(12)17/h2-7,9H,8H2,1H3,(H,18,19). The Labute approximate surface area is 131 Å². The van der Waals surface area contributed by atoms with E-state index in [9.17, 15) is 14.0 Å². The molecule has 5 nitrogen and oxygen atoms in total. The number of ether oxygens (including phenoxy) is 1. The van der Waals surface area contributed by atoms with Crippen molar-refractivity contribution in [2.24, 2.45) is 0 Å². The van der Waals surface area contributed by atoms with Crippen LogP contribution in [-0.4, -0.2) is 18.0 Å². The fourth-order valence-corrected chi connectivity index (χ4v) is 1.83. The summed E-state index contributed by atoms with van der Waals surface area (Å²) in [6, 6.07) is 6.89. The molecule has 0 saturated carbocycles. The predicted molar refractivity (Wildman–Crippen MR) is 76.8 cm³/mol. The first-order valence-electron chi connectivity index (χ1n) is 6.43. The molecule has 0 aliphatic heterocycles. The van der Waals surface area contributed by atoms with Crippen LogP contribution >= 0.6 is 11.6 Å². The zero-order valence-electron chi connectivity index (χ0n) is 11.6. The molecule has 0 aliphatic rings. The van der Waals surface area contributed by atoms with Crippen molar-refractivity contribution >= 4 is 23.5 Å². The summed E-state index contributed by atoms with van der Waals surface area (Å²) in [6.07, 6.45) is 0.396. The van der Waals surface area contributed by atoms with Gasteiger partial charge in [-0.15, -0.1) is 0 Å². The maximum absolute atomic E-state index is 13.5. The monoisotopic (exact) mass is 325 g/mol. The predicted octanol–water partition coefficient (Wildman–Crippen LogP) is 2.93. The number of amides is 1. The van der Waals surface area contributed by atoms with Gasteiger partial charge in [0.1, 0.15) is 11.6 Å². The van der Waals surface area contributed by atoms with E-state index in [0.29, 0.717) is 5.76 Å². The van der Waals surface area contributed by atoms with Crippen molar-refractivity contribution in [1.82, 2.24) is 5.32 Å². The summed E-state index contributed by atoms with van der Waals surface area (Å²) in [6.45, 7) is 1.55. The minimum absolute atomic E-state index is 0.166. The Balaban J connectivity index is 1.92. The van der Waals surface area contributed by atoms with Gasteiger partial charge in [-0.25, -0.2) is 9.18 Å². The van der Waals surface area contributed by atoms with Crippen LogP contribution in [-0.2, 0) is 16.1 Å². The lowest BCUT2D eigenvalue weighted by molar-refractivity contribution is -0.129. The molecule has 0 radical (unpaired) electrons. The van der Waals surface area contributed by atoms with Crippen LogP contribution in [0.4, 0.5) is 4.39 Å². The quantitative estimate of drug-likeness (QED) is 0.858. The fourth-order valence-electron chi connectivity index (χ4n) is 1.66. The highest BCUT2D eigenvalue weighted by Crippen LogP contribution is 2.16. The number of hydrogen-bond donors (Lipinski definition) is 1. The molecule has 1 aromatic carbocycles. The van der Waals surface area contributed by atoms with Gasteiger partial charge in [0.25, 0.3) is 5.91 Å². The molecule has 2 rings (SSSR count). The van der Waals surface area contributed by atoms with Crippen LogP contribution in [0.15, 0.2) is 41.0 Å². The Hall–Kier alpha value is -2.34. The highest BCUT2D eigenvalue weighted by atomic mass is 35.5. The fraction of sp³-hybridized carbons (Fsp3) is 0.200. The second-order valence-electron chi connectivity index (χ2n) is 4.47. The van der Waals surface area contributed by atoms with Crippen molar-refractivity contribution in [3.05, 3.63) is 58.8 Å². The Kier molecular flexibility index (Phi) is 5.16. The van der Waals surface area contributed by atoms with E-state index in [4.69, 9.17) is 20.8 Å². The van der Waals surface area contributed by atoms with Crippen molar-refractivity contribution in [3.63, 3.8) is 0 Å². The zero-order chi connectivity index (χ0) is 16.1. The number of hydrogen-bond acceptors (Lipinski definition) is 4. The van der Waals surface area contributed by atoms with Gasteiger partial charge in [-0.05, 0) is 37.3 Å². The van der Waals surface area contributed by atoms with Gasteiger partial charge in [0, 0.05) is 5.02 Å². The average molecular weight is 326 g/mol. The topological polar surface area (TPSA) is 68.5 Å². The van der Waals surface area contributed by atoms with Gasteiger partial charge in [-0.3, -0.25) is 4.79 Å². The molecule has 0 fully saturated rings. The van der Waals surface area contributed by atoms with Crippen molar-refractivity contribution < 1.29 is 23.1 Å². The van der Waals surface area contributed by atoms with Crippen LogP contribution in [0, 0.1) is 5.82 Å². The summed E-state index contributed by atoms with van der Waals surface area (Å²) in [5.74, 6) is -1.68. The first kappa shape index (κ1) is 16.0. The van der Waals surface area contributed by atoms with Gasteiger partial charge in [-0.2, -0.15) is 0 Å². The molecule has 1 unspecified atom stereocenters. The Morgan fingerprint density at radius 1 is 1.41 bits per heavy atom. The van der Waals surface area contributed by atoms with E-state index in [2.05, 4.69) is 5.32 Å². The van der Waals surface area contributed by atoms with E-state index in [-0.39, 0.29) is 17.1 Å². The van der Waals surface area contributed by atoms with Crippen molar-refractivity contribution in [1.29, 1.82) is 0 Å². The van der Waals surface area contributed by atoms with Crippen molar-refractivity contribution in [2.75, 3.05) is 0 Å². The minimum Gasteiger partial charge on any atom is -0.467 e. The molecule has 116 valence electrons. The molecular formula is C15H13ClFNO4. The molecule has 1 heterocycles. The number of carbonyl (C=O) groups is 2. The first-order valence-corrected chi connectivity index (χ1v) is 6.81. The summed E-state index contributed by atoms with van der Waals surface area (Å²) in [5.41, 5.74) is -0.321. The molecule has 1 N–H and O–H groups in total. The molecule has 0 saturated heterocycles. The molecule has 0 aliphatic carbocycles. The van der Waals surface area contributed by atoms with Crippen LogP contribution in [0.2, 0.25) is 5.02 Å². The number of carbonyl (C=O) groups excluding carboxylic acids is 2. The summed E-state index contributed by atoms with van der Waals surface area (Å²) in [5, 5.41) is 2.74. The number of esters is 1. The zero-order valence-corrected chi connectivity index (χ0v) is 12.4. The Morgan fingerprint density at radius 2 is 2.18 bits per heavy atom. The highest BCUT2D eigenvalue weighted by Gasteiger charge is 2.21. The maximum Gasteiger partial charge on any atom is 0.341 e. The second-order valence-corrected chi connectivity index (χ2v) is 4.91. The normalized spacial score (nSPS) is 11.8. The molecule has 1 amide bonds. The number of furan rings is 1. The van der Waals surface area contributed by atoms with E-state index in [1.165, 1.54) is 19.3 Å². The molecule has 7 heteroatoms. The molecule has 22 heavy (non-hydrogen) atoms. The SMILES string of the molecule is CC(OC(=O)c1cc(Cl)ccc1F)C(=O)NCc1ccco1. The molecule has 1 aromatic heterocycles. The summed E-state index contributed by atoms with van der Waals surface area (Å²) in [7, 11) is 0. The van der Waals surface area contributed by atoms with Gasteiger partial charge in [0.05, 0.1) is 18.4 Å². The largest absolute Gasteiger partial charge is 0.467 e. The number of nitrogens with one attached hydrogen (secondary N) is 1. The van der Waals surface area contributed by atoms with Gasteiger partial charge >= 0.3 is 5.97 Å². The summed E-state index contributed by atoms with van der Waals surface area (Å²) in [4.78, 5) is 23.7. The van der Waals surface area contributed by atoms with Crippen molar-refractivity contribution in [2.45, 2.75) is 19.6 Å². The van der Waals surface area contributed by atoms with Gasteiger partial charge < -0.3 is 14.5 Å². The van der Waals surface area contributed by atoms with E-state index in [0.717, 1.165) is 12.1 Å². The van der Waals surface area contributed by atoms with E-state index in [1.807, 2.05) is 0 Å². The molecular weight excluding hydrogens is 313 g/mol. The van der Waals surface area contributed by atoms with Crippen LogP contribution < -0.4 is 5.32 Å². The average Bonchev–Trinajstić information content (AvgIpc) is 3.00. The van der Waals surface area contributed by atoms with E-state index < -0.39 is 23.8 Å². The molecule has 0 spiro atoms. The molecule has 2 aromatic rings. The number of halogens is 2. The summed E-state index contributed by atoms with van der Waals surface area (Å²) >= 11 is 5.70. The van der Waals surface area contributed by atoms with Crippen LogP contribution in [0.1, 0.15) is 23.0 Å². The van der Waals surface area contributed by atoms with E-state index >= 15 is 0 Å². The van der Waals surface area contributed by atoms with Crippen LogP contribution in [0.25, 0.3) is 0 Å².